The maximum atomic E-state index is 12.5. The molecule has 3 aromatic rings. The van der Waals surface area contributed by atoms with E-state index in [1.54, 1.807) is 0 Å². The molecule has 0 aromatic carbocycles. The average Bonchev–Trinajstić information content (AvgIpc) is 3.13. The van der Waals surface area contributed by atoms with Gasteiger partial charge in [0.05, 0.1) is 0 Å². The number of thioether (sulfide) groups is 1. The Hall–Kier alpha value is -2.20. The van der Waals surface area contributed by atoms with E-state index in [0.717, 1.165) is 10.6 Å². The SMILES string of the molecule is Cc1sc2ncc(C(=O)NCCSc3ncn[nH]3)c(=O)n2c1C. The minimum atomic E-state index is -0.418. The van der Waals surface area contributed by atoms with Crippen molar-refractivity contribution in [2.45, 2.75) is 19.0 Å². The molecule has 23 heavy (non-hydrogen) atoms. The van der Waals surface area contributed by atoms with Crippen LogP contribution in [0.4, 0.5) is 0 Å². The zero-order chi connectivity index (χ0) is 16.4. The maximum absolute atomic E-state index is 12.5. The summed E-state index contributed by atoms with van der Waals surface area (Å²) in [5.41, 5.74) is 0.531. The number of hydrogen-bond donors (Lipinski definition) is 2. The van der Waals surface area contributed by atoms with Gasteiger partial charge in [0.15, 0.2) is 10.1 Å². The number of fused-ring (bicyclic) bond motifs is 1. The van der Waals surface area contributed by atoms with Crippen LogP contribution in [0.25, 0.3) is 4.96 Å². The lowest BCUT2D eigenvalue weighted by Crippen LogP contribution is -2.32. The van der Waals surface area contributed by atoms with Gasteiger partial charge in [0, 0.05) is 29.1 Å². The number of nitrogens with one attached hydrogen (secondary N) is 2. The standard InChI is InChI=1S/C13H14N6O2S2/c1-7-8(2)23-13-15-5-9(11(21)19(7)13)10(20)14-3-4-22-12-16-6-17-18-12/h5-6H,3-4H2,1-2H3,(H,14,20)(H,16,17,18). The van der Waals surface area contributed by atoms with Gasteiger partial charge < -0.3 is 5.32 Å². The van der Waals surface area contributed by atoms with Crippen LogP contribution < -0.4 is 10.9 Å². The summed E-state index contributed by atoms with van der Waals surface area (Å²) in [7, 11) is 0. The van der Waals surface area contributed by atoms with Crippen molar-refractivity contribution in [1.29, 1.82) is 0 Å². The number of aromatic nitrogens is 5. The fourth-order valence-corrected chi connectivity index (χ4v) is 3.57. The minimum Gasteiger partial charge on any atom is -0.351 e. The number of aryl methyl sites for hydroxylation is 2. The Labute approximate surface area is 139 Å². The number of aromatic amines is 1. The molecule has 1 amide bonds. The molecular weight excluding hydrogens is 336 g/mol. The quantitative estimate of drug-likeness (QED) is 0.526. The van der Waals surface area contributed by atoms with Gasteiger partial charge >= 0.3 is 0 Å². The van der Waals surface area contributed by atoms with Crippen molar-refractivity contribution in [3.8, 4) is 0 Å². The van der Waals surface area contributed by atoms with Gasteiger partial charge in [-0.25, -0.2) is 9.97 Å². The molecule has 8 nitrogen and oxygen atoms in total. The molecule has 3 rings (SSSR count). The van der Waals surface area contributed by atoms with Crippen molar-refractivity contribution in [2.24, 2.45) is 0 Å². The summed E-state index contributed by atoms with van der Waals surface area (Å²) >= 11 is 2.87. The van der Waals surface area contributed by atoms with Gasteiger partial charge in [0.1, 0.15) is 11.9 Å². The van der Waals surface area contributed by atoms with Crippen molar-refractivity contribution < 1.29 is 4.79 Å². The number of thiazole rings is 1. The van der Waals surface area contributed by atoms with Crippen LogP contribution in [0, 0.1) is 13.8 Å². The van der Waals surface area contributed by atoms with Gasteiger partial charge in [0.2, 0.25) is 0 Å². The molecule has 0 saturated heterocycles. The number of nitrogens with zero attached hydrogens (tertiary/aromatic N) is 4. The Morgan fingerprint density at radius 3 is 3.00 bits per heavy atom. The first-order valence-electron chi connectivity index (χ1n) is 6.82. The van der Waals surface area contributed by atoms with Crippen LogP contribution in [0.15, 0.2) is 22.5 Å². The van der Waals surface area contributed by atoms with Crippen LogP contribution in [-0.2, 0) is 0 Å². The molecule has 10 heteroatoms. The number of rotatable bonds is 5. The summed E-state index contributed by atoms with van der Waals surface area (Å²) in [6.45, 7) is 4.18. The third-order valence-electron chi connectivity index (χ3n) is 3.28. The van der Waals surface area contributed by atoms with Crippen LogP contribution in [0.2, 0.25) is 0 Å². The van der Waals surface area contributed by atoms with Crippen LogP contribution in [0.3, 0.4) is 0 Å². The van der Waals surface area contributed by atoms with E-state index in [1.165, 1.54) is 40.0 Å². The lowest BCUT2D eigenvalue weighted by Gasteiger charge is -2.04. The highest BCUT2D eigenvalue weighted by atomic mass is 32.2. The first kappa shape index (κ1) is 15.7. The number of hydrogen-bond acceptors (Lipinski definition) is 7. The molecule has 0 spiro atoms. The monoisotopic (exact) mass is 350 g/mol. The second kappa shape index (κ2) is 6.50. The van der Waals surface area contributed by atoms with Crippen molar-refractivity contribution in [3.05, 3.63) is 39.0 Å². The summed E-state index contributed by atoms with van der Waals surface area (Å²) < 4.78 is 1.48. The van der Waals surface area contributed by atoms with Crippen LogP contribution in [-0.4, -0.2) is 42.8 Å². The van der Waals surface area contributed by atoms with E-state index in [0.29, 0.717) is 22.4 Å². The summed E-state index contributed by atoms with van der Waals surface area (Å²) in [4.78, 5) is 34.4. The van der Waals surface area contributed by atoms with E-state index in [2.05, 4.69) is 25.5 Å². The summed E-state index contributed by atoms with van der Waals surface area (Å²) in [5.74, 6) is 0.201. The Morgan fingerprint density at radius 2 is 2.26 bits per heavy atom. The smallest absolute Gasteiger partial charge is 0.271 e. The molecule has 2 N–H and O–H groups in total. The minimum absolute atomic E-state index is 0.0491. The van der Waals surface area contributed by atoms with E-state index in [9.17, 15) is 9.59 Å². The van der Waals surface area contributed by atoms with Crippen LogP contribution in [0.1, 0.15) is 20.9 Å². The molecule has 0 aliphatic heterocycles. The molecule has 0 atom stereocenters. The highest BCUT2D eigenvalue weighted by molar-refractivity contribution is 7.99. The second-order valence-electron chi connectivity index (χ2n) is 4.73. The van der Waals surface area contributed by atoms with E-state index < -0.39 is 5.91 Å². The Bertz CT molecular complexity index is 899. The van der Waals surface area contributed by atoms with Crippen LogP contribution >= 0.6 is 23.1 Å². The Kier molecular flexibility index (Phi) is 4.44. The topological polar surface area (TPSA) is 105 Å². The molecule has 3 heterocycles. The molecular formula is C13H14N6O2S2. The Balaban J connectivity index is 1.70. The van der Waals surface area contributed by atoms with Crippen molar-refractivity contribution >= 4 is 34.0 Å². The molecule has 0 aliphatic carbocycles. The predicted molar refractivity (Wildman–Crippen MR) is 88.3 cm³/mol. The lowest BCUT2D eigenvalue weighted by molar-refractivity contribution is 0.0954. The third kappa shape index (κ3) is 3.13. The Morgan fingerprint density at radius 1 is 1.43 bits per heavy atom. The van der Waals surface area contributed by atoms with Crippen molar-refractivity contribution in [1.82, 2.24) is 29.9 Å². The zero-order valence-corrected chi connectivity index (χ0v) is 14.1. The largest absolute Gasteiger partial charge is 0.351 e. The van der Waals surface area contributed by atoms with Gasteiger partial charge in [-0.2, -0.15) is 5.10 Å². The number of carbonyl (C=O) groups is 1. The van der Waals surface area contributed by atoms with E-state index in [-0.39, 0.29) is 11.1 Å². The molecule has 120 valence electrons. The molecule has 0 unspecified atom stereocenters. The predicted octanol–water partition coefficient (Wildman–Crippen LogP) is 1.01. The molecule has 0 aliphatic rings. The number of amides is 1. The zero-order valence-electron chi connectivity index (χ0n) is 12.5. The molecule has 0 bridgehead atoms. The van der Waals surface area contributed by atoms with E-state index in [4.69, 9.17) is 0 Å². The number of carbonyl (C=O) groups excluding carboxylic acids is 1. The molecule has 0 saturated carbocycles. The lowest BCUT2D eigenvalue weighted by atomic mass is 10.3. The van der Waals surface area contributed by atoms with Crippen molar-refractivity contribution in [2.75, 3.05) is 12.3 Å². The average molecular weight is 350 g/mol. The summed E-state index contributed by atoms with van der Waals surface area (Å²) in [5, 5.41) is 9.87. The van der Waals surface area contributed by atoms with Gasteiger partial charge in [-0.3, -0.25) is 19.1 Å². The second-order valence-corrected chi connectivity index (χ2v) is 7.00. The first-order valence-corrected chi connectivity index (χ1v) is 8.62. The highest BCUT2D eigenvalue weighted by Gasteiger charge is 2.16. The van der Waals surface area contributed by atoms with Crippen LogP contribution in [0.5, 0.6) is 0 Å². The molecule has 3 aromatic heterocycles. The summed E-state index contributed by atoms with van der Waals surface area (Å²) in [6, 6.07) is 0. The fourth-order valence-electron chi connectivity index (χ4n) is 2.00. The van der Waals surface area contributed by atoms with Gasteiger partial charge in [0.25, 0.3) is 11.5 Å². The summed E-state index contributed by atoms with van der Waals surface area (Å²) in [6.07, 6.45) is 2.76. The number of H-pyrrole nitrogens is 1. The van der Waals surface area contributed by atoms with Crippen molar-refractivity contribution in [3.63, 3.8) is 0 Å². The third-order valence-corrected chi connectivity index (χ3v) is 5.23. The normalized spacial score (nSPS) is 11.0. The molecule has 0 radical (unpaired) electrons. The molecule has 0 fully saturated rings. The fraction of sp³-hybridized carbons (Fsp3) is 0.308. The first-order chi connectivity index (χ1) is 11.1. The van der Waals surface area contributed by atoms with E-state index >= 15 is 0 Å². The van der Waals surface area contributed by atoms with E-state index in [1.807, 2.05) is 13.8 Å². The maximum Gasteiger partial charge on any atom is 0.271 e. The highest BCUT2D eigenvalue weighted by Crippen LogP contribution is 2.18. The van der Waals surface area contributed by atoms with Gasteiger partial charge in [-0.1, -0.05) is 11.8 Å². The van der Waals surface area contributed by atoms with Gasteiger partial charge in [-0.15, -0.1) is 11.3 Å². The van der Waals surface area contributed by atoms with Gasteiger partial charge in [-0.05, 0) is 13.8 Å².